The number of hydrogen-bond acceptors (Lipinski definition) is 5. The van der Waals surface area contributed by atoms with Crippen LogP contribution in [0, 0.1) is 11.3 Å². The number of anilines is 1. The highest BCUT2D eigenvalue weighted by atomic mass is 79.9. The van der Waals surface area contributed by atoms with E-state index in [2.05, 4.69) is 47.3 Å². The van der Waals surface area contributed by atoms with Crippen LogP contribution in [-0.2, 0) is 12.8 Å². The van der Waals surface area contributed by atoms with Crippen molar-refractivity contribution in [2.45, 2.75) is 40.0 Å². The molecule has 0 saturated carbocycles. The number of methoxy groups -OCH3 is 1. The number of halogens is 1. The van der Waals surface area contributed by atoms with E-state index in [0.717, 1.165) is 29.7 Å². The Kier molecular flexibility index (Phi) is 7.08. The fourth-order valence-corrected chi connectivity index (χ4v) is 5.93. The maximum atomic E-state index is 12.6. The van der Waals surface area contributed by atoms with Crippen LogP contribution in [-0.4, -0.2) is 24.0 Å². The Morgan fingerprint density at radius 2 is 2.03 bits per heavy atom. The van der Waals surface area contributed by atoms with Crippen molar-refractivity contribution in [3.63, 3.8) is 0 Å². The van der Waals surface area contributed by atoms with E-state index in [1.807, 2.05) is 0 Å². The zero-order chi connectivity index (χ0) is 22.9. The molecule has 166 valence electrons. The zero-order valence-electron chi connectivity index (χ0n) is 17.9. The number of thiocarbonyl (C=S) groups is 1. The molecular formula is C22H26BrN3O3S2. The van der Waals surface area contributed by atoms with E-state index < -0.39 is 5.91 Å². The zero-order valence-corrected chi connectivity index (χ0v) is 21.1. The van der Waals surface area contributed by atoms with Crippen molar-refractivity contribution in [1.29, 1.82) is 0 Å². The summed E-state index contributed by atoms with van der Waals surface area (Å²) >= 11 is 10.2. The predicted molar refractivity (Wildman–Crippen MR) is 132 cm³/mol. The Morgan fingerprint density at radius 3 is 2.61 bits per heavy atom. The first-order chi connectivity index (χ1) is 14.5. The molecule has 3 rings (SSSR count). The molecule has 1 heterocycles. The quantitative estimate of drug-likeness (QED) is 0.495. The lowest BCUT2D eigenvalue weighted by Crippen LogP contribution is -2.34. The molecule has 0 bridgehead atoms. The van der Waals surface area contributed by atoms with Crippen LogP contribution in [0.25, 0.3) is 0 Å². The van der Waals surface area contributed by atoms with Gasteiger partial charge in [0.1, 0.15) is 10.8 Å². The Hall–Kier alpha value is -1.97. The number of carbonyl (C=O) groups is 2. The summed E-state index contributed by atoms with van der Waals surface area (Å²) in [7, 11) is 1.56. The molecule has 0 unspecified atom stereocenters. The normalized spacial score (nSPS) is 15.7. The molecule has 0 fully saturated rings. The number of carbonyl (C=O) groups excluding carboxylic acids is 2. The molecule has 1 aliphatic carbocycles. The fraction of sp³-hybridized carbons (Fsp3) is 0.409. The topological polar surface area (TPSA) is 93.4 Å². The van der Waals surface area contributed by atoms with Crippen LogP contribution in [0.1, 0.15) is 58.3 Å². The number of fused-ring (bicyclic) bond motifs is 1. The summed E-state index contributed by atoms with van der Waals surface area (Å²) in [4.78, 5) is 25.9. The van der Waals surface area contributed by atoms with Crippen LogP contribution in [0.3, 0.4) is 0 Å². The third-order valence-electron chi connectivity index (χ3n) is 5.60. The second-order valence-corrected chi connectivity index (χ2v) is 11.0. The van der Waals surface area contributed by atoms with Crippen LogP contribution in [0.5, 0.6) is 5.75 Å². The van der Waals surface area contributed by atoms with Crippen molar-refractivity contribution in [3.05, 3.63) is 44.2 Å². The van der Waals surface area contributed by atoms with Crippen molar-refractivity contribution in [2.24, 2.45) is 17.1 Å². The van der Waals surface area contributed by atoms with E-state index in [0.29, 0.717) is 32.3 Å². The number of hydrogen-bond donors (Lipinski definition) is 3. The third kappa shape index (κ3) is 5.27. The summed E-state index contributed by atoms with van der Waals surface area (Å²) in [6.07, 6.45) is 2.73. The molecule has 1 aromatic carbocycles. The van der Waals surface area contributed by atoms with Crippen LogP contribution < -0.4 is 21.1 Å². The van der Waals surface area contributed by atoms with Gasteiger partial charge < -0.3 is 15.8 Å². The van der Waals surface area contributed by atoms with Gasteiger partial charge in [-0.2, -0.15) is 0 Å². The molecule has 0 saturated heterocycles. The Labute approximate surface area is 200 Å². The molecule has 4 N–H and O–H groups in total. The standard InChI is InChI=1S/C22H26BrN3O3S2/c1-22(2,3)12-6-7-13-16(10-12)31-20(17(13)18(24)27)26-21(30)25-19(28)11-5-8-15(29-4)14(23)9-11/h5,8-9,12H,6-7,10H2,1-4H3,(H2,24,27)(H2,25,26,28,30)/t12-/m1/s1. The number of nitrogens with two attached hydrogens (primary N) is 1. The van der Waals surface area contributed by atoms with E-state index in [1.165, 1.54) is 11.3 Å². The molecule has 0 aliphatic heterocycles. The van der Waals surface area contributed by atoms with E-state index in [9.17, 15) is 9.59 Å². The summed E-state index contributed by atoms with van der Waals surface area (Å²) in [5.74, 6) is 0.312. The average Bonchev–Trinajstić information content (AvgIpc) is 3.03. The van der Waals surface area contributed by atoms with Gasteiger partial charge in [-0.05, 0) is 82.5 Å². The lowest BCUT2D eigenvalue weighted by atomic mass is 9.72. The minimum absolute atomic E-state index is 0.116. The van der Waals surface area contributed by atoms with E-state index in [-0.39, 0.29) is 16.4 Å². The molecule has 2 aromatic rings. The summed E-state index contributed by atoms with van der Waals surface area (Å²) < 4.78 is 5.85. The van der Waals surface area contributed by atoms with Gasteiger partial charge in [0.05, 0.1) is 17.1 Å². The molecule has 2 amide bonds. The summed E-state index contributed by atoms with van der Waals surface area (Å²) in [5.41, 5.74) is 7.80. The van der Waals surface area contributed by atoms with Gasteiger partial charge in [-0.3, -0.25) is 14.9 Å². The molecule has 9 heteroatoms. The number of primary amides is 1. The highest BCUT2D eigenvalue weighted by molar-refractivity contribution is 9.10. The van der Waals surface area contributed by atoms with Crippen molar-refractivity contribution >= 4 is 61.4 Å². The van der Waals surface area contributed by atoms with Gasteiger partial charge >= 0.3 is 0 Å². The van der Waals surface area contributed by atoms with Crippen molar-refractivity contribution in [3.8, 4) is 5.75 Å². The highest BCUT2D eigenvalue weighted by Gasteiger charge is 2.33. The Bertz CT molecular complexity index is 1040. The molecule has 1 aromatic heterocycles. The van der Waals surface area contributed by atoms with Gasteiger partial charge in [0, 0.05) is 10.4 Å². The van der Waals surface area contributed by atoms with Crippen LogP contribution in [0.15, 0.2) is 22.7 Å². The molecule has 1 aliphatic rings. The first kappa shape index (κ1) is 23.7. The maximum Gasteiger partial charge on any atom is 0.257 e. The molecular weight excluding hydrogens is 498 g/mol. The number of rotatable bonds is 4. The van der Waals surface area contributed by atoms with Crippen LogP contribution in [0.4, 0.5) is 5.00 Å². The predicted octanol–water partition coefficient (Wildman–Crippen LogP) is 4.90. The minimum atomic E-state index is -0.484. The number of ether oxygens (including phenoxy) is 1. The van der Waals surface area contributed by atoms with Gasteiger partial charge in [0.25, 0.3) is 11.8 Å². The molecule has 31 heavy (non-hydrogen) atoms. The molecule has 0 radical (unpaired) electrons. The van der Waals surface area contributed by atoms with Gasteiger partial charge in [-0.1, -0.05) is 20.8 Å². The minimum Gasteiger partial charge on any atom is -0.496 e. The van der Waals surface area contributed by atoms with E-state index in [1.54, 1.807) is 25.3 Å². The van der Waals surface area contributed by atoms with Crippen molar-refractivity contribution < 1.29 is 14.3 Å². The smallest absolute Gasteiger partial charge is 0.257 e. The first-order valence-electron chi connectivity index (χ1n) is 9.91. The van der Waals surface area contributed by atoms with E-state index in [4.69, 9.17) is 22.7 Å². The van der Waals surface area contributed by atoms with Gasteiger partial charge in [0.15, 0.2) is 5.11 Å². The Morgan fingerprint density at radius 1 is 1.32 bits per heavy atom. The van der Waals surface area contributed by atoms with Crippen molar-refractivity contribution in [2.75, 3.05) is 12.4 Å². The number of thiophene rings is 1. The maximum absolute atomic E-state index is 12.6. The molecule has 6 nitrogen and oxygen atoms in total. The molecule has 0 spiro atoms. The fourth-order valence-electron chi connectivity index (χ4n) is 3.79. The van der Waals surface area contributed by atoms with Gasteiger partial charge in [-0.15, -0.1) is 11.3 Å². The summed E-state index contributed by atoms with van der Waals surface area (Å²) in [5, 5.41) is 6.39. The average molecular weight is 525 g/mol. The van der Waals surface area contributed by atoms with Crippen LogP contribution >= 0.6 is 39.5 Å². The SMILES string of the molecule is COc1ccc(C(=O)NC(=S)Nc2sc3c(c2C(N)=O)CC[C@@H](C(C)(C)C)C3)cc1Br. The summed E-state index contributed by atoms with van der Waals surface area (Å²) in [6.45, 7) is 6.73. The lowest BCUT2D eigenvalue weighted by Gasteiger charge is -2.33. The largest absolute Gasteiger partial charge is 0.496 e. The summed E-state index contributed by atoms with van der Waals surface area (Å²) in [6, 6.07) is 4.99. The number of amides is 2. The first-order valence-corrected chi connectivity index (χ1v) is 11.9. The number of nitrogens with one attached hydrogen (secondary N) is 2. The third-order valence-corrected chi connectivity index (χ3v) is 7.60. The van der Waals surface area contributed by atoms with Gasteiger partial charge in [0.2, 0.25) is 0 Å². The Balaban J connectivity index is 1.77. The van der Waals surface area contributed by atoms with Gasteiger partial charge in [-0.25, -0.2) is 0 Å². The van der Waals surface area contributed by atoms with Crippen molar-refractivity contribution in [1.82, 2.24) is 5.32 Å². The monoisotopic (exact) mass is 523 g/mol. The second kappa shape index (κ2) is 9.26. The number of benzene rings is 1. The lowest BCUT2D eigenvalue weighted by molar-refractivity contribution is 0.0975. The second-order valence-electron chi connectivity index (χ2n) is 8.64. The molecule has 1 atom stereocenters. The van der Waals surface area contributed by atoms with E-state index >= 15 is 0 Å². The van der Waals surface area contributed by atoms with Crippen LogP contribution in [0.2, 0.25) is 0 Å². The highest BCUT2D eigenvalue weighted by Crippen LogP contribution is 2.44.